The first-order valence-corrected chi connectivity index (χ1v) is 8.16. The van der Waals surface area contributed by atoms with Crippen molar-refractivity contribution in [3.63, 3.8) is 0 Å². The SMILES string of the molecule is CC(C)N(CCCC1CCN(CC(N)=O)CC1)C(C)C. The van der Waals surface area contributed by atoms with Gasteiger partial charge >= 0.3 is 0 Å². The van der Waals surface area contributed by atoms with Crippen LogP contribution in [0.3, 0.4) is 0 Å². The molecule has 0 spiro atoms. The van der Waals surface area contributed by atoms with Crippen LogP contribution in [0, 0.1) is 5.92 Å². The van der Waals surface area contributed by atoms with Crippen LogP contribution in [0.5, 0.6) is 0 Å². The minimum atomic E-state index is -0.201. The van der Waals surface area contributed by atoms with E-state index in [1.54, 1.807) is 0 Å². The molecule has 1 saturated heterocycles. The van der Waals surface area contributed by atoms with Crippen LogP contribution in [0.15, 0.2) is 0 Å². The summed E-state index contributed by atoms with van der Waals surface area (Å²) in [4.78, 5) is 15.7. The number of nitrogens with two attached hydrogens (primary N) is 1. The molecule has 4 nitrogen and oxygen atoms in total. The molecule has 2 N–H and O–H groups in total. The molecule has 0 saturated carbocycles. The predicted octanol–water partition coefficient (Wildman–Crippen LogP) is 2.08. The van der Waals surface area contributed by atoms with Crippen molar-refractivity contribution in [3.05, 3.63) is 0 Å². The van der Waals surface area contributed by atoms with Gasteiger partial charge in [-0.2, -0.15) is 0 Å². The lowest BCUT2D eigenvalue weighted by Crippen LogP contribution is -2.40. The first-order valence-electron chi connectivity index (χ1n) is 8.16. The zero-order chi connectivity index (χ0) is 15.1. The summed E-state index contributed by atoms with van der Waals surface area (Å²) in [5.74, 6) is 0.633. The number of primary amides is 1. The summed E-state index contributed by atoms with van der Waals surface area (Å²) in [5.41, 5.74) is 5.24. The Morgan fingerprint density at radius 2 is 1.75 bits per heavy atom. The van der Waals surface area contributed by atoms with Crippen molar-refractivity contribution < 1.29 is 4.79 Å². The second kappa shape index (κ2) is 8.63. The molecule has 0 aliphatic carbocycles. The van der Waals surface area contributed by atoms with Gasteiger partial charge in [0.15, 0.2) is 0 Å². The summed E-state index contributed by atoms with van der Waals surface area (Å²) < 4.78 is 0. The molecule has 1 fully saturated rings. The van der Waals surface area contributed by atoms with E-state index in [1.165, 1.54) is 32.2 Å². The molecule has 4 heteroatoms. The Bertz CT molecular complexity index is 275. The van der Waals surface area contributed by atoms with E-state index in [0.717, 1.165) is 19.0 Å². The largest absolute Gasteiger partial charge is 0.369 e. The Kier molecular flexibility index (Phi) is 7.52. The Morgan fingerprint density at radius 1 is 1.20 bits per heavy atom. The summed E-state index contributed by atoms with van der Waals surface area (Å²) >= 11 is 0. The van der Waals surface area contributed by atoms with Crippen molar-refractivity contribution in [1.82, 2.24) is 9.80 Å². The highest BCUT2D eigenvalue weighted by molar-refractivity contribution is 5.75. The predicted molar refractivity (Wildman–Crippen MR) is 84.6 cm³/mol. The molecular formula is C16H33N3O. The maximum absolute atomic E-state index is 10.9. The number of hydrogen-bond acceptors (Lipinski definition) is 3. The number of nitrogens with zero attached hydrogens (tertiary/aromatic N) is 2. The van der Waals surface area contributed by atoms with Gasteiger partial charge in [0.1, 0.15) is 0 Å². The van der Waals surface area contributed by atoms with Gasteiger partial charge in [-0.15, -0.1) is 0 Å². The van der Waals surface area contributed by atoms with Gasteiger partial charge in [0.2, 0.25) is 5.91 Å². The fourth-order valence-corrected chi connectivity index (χ4v) is 3.33. The fourth-order valence-electron chi connectivity index (χ4n) is 3.33. The normalized spacial score (nSPS) is 18.4. The molecule has 20 heavy (non-hydrogen) atoms. The van der Waals surface area contributed by atoms with E-state index in [0.29, 0.717) is 18.6 Å². The third kappa shape index (κ3) is 6.23. The summed E-state index contributed by atoms with van der Waals surface area (Å²) in [6.07, 6.45) is 5.05. The van der Waals surface area contributed by atoms with E-state index < -0.39 is 0 Å². The van der Waals surface area contributed by atoms with E-state index in [2.05, 4.69) is 37.5 Å². The van der Waals surface area contributed by atoms with Crippen LogP contribution in [-0.4, -0.2) is 54.0 Å². The summed E-state index contributed by atoms with van der Waals surface area (Å²) in [6, 6.07) is 1.26. The molecule has 0 bridgehead atoms. The van der Waals surface area contributed by atoms with Crippen LogP contribution >= 0.6 is 0 Å². The Hall–Kier alpha value is -0.610. The maximum atomic E-state index is 10.9. The second-order valence-electron chi connectivity index (χ2n) is 6.75. The minimum absolute atomic E-state index is 0.201. The summed E-state index contributed by atoms with van der Waals surface area (Å²) in [6.45, 7) is 12.8. The molecule has 1 rings (SSSR count). The van der Waals surface area contributed by atoms with Crippen molar-refractivity contribution in [2.24, 2.45) is 11.7 Å². The molecule has 0 aromatic carbocycles. The topological polar surface area (TPSA) is 49.6 Å². The molecule has 0 radical (unpaired) electrons. The molecule has 118 valence electrons. The lowest BCUT2D eigenvalue weighted by atomic mass is 9.92. The van der Waals surface area contributed by atoms with Crippen LogP contribution in [0.4, 0.5) is 0 Å². The lowest BCUT2D eigenvalue weighted by molar-refractivity contribution is -0.119. The monoisotopic (exact) mass is 283 g/mol. The van der Waals surface area contributed by atoms with Gasteiger partial charge in [-0.3, -0.25) is 14.6 Å². The highest BCUT2D eigenvalue weighted by Gasteiger charge is 2.20. The van der Waals surface area contributed by atoms with Crippen molar-refractivity contribution in [2.45, 2.75) is 65.5 Å². The number of amides is 1. The first kappa shape index (κ1) is 17.4. The van der Waals surface area contributed by atoms with E-state index in [1.807, 2.05) is 0 Å². The van der Waals surface area contributed by atoms with Crippen LogP contribution in [0.25, 0.3) is 0 Å². The maximum Gasteiger partial charge on any atom is 0.231 e. The zero-order valence-corrected chi connectivity index (χ0v) is 13.8. The highest BCUT2D eigenvalue weighted by atomic mass is 16.1. The van der Waals surface area contributed by atoms with Crippen molar-refractivity contribution in [2.75, 3.05) is 26.2 Å². The van der Waals surface area contributed by atoms with Gasteiger partial charge in [-0.05, 0) is 78.9 Å². The van der Waals surface area contributed by atoms with Crippen LogP contribution < -0.4 is 5.73 Å². The third-order valence-corrected chi connectivity index (χ3v) is 4.44. The van der Waals surface area contributed by atoms with Gasteiger partial charge in [0.25, 0.3) is 0 Å². The molecule has 0 aromatic rings. The lowest BCUT2D eigenvalue weighted by Gasteiger charge is -2.33. The van der Waals surface area contributed by atoms with Gasteiger partial charge in [-0.25, -0.2) is 0 Å². The molecule has 0 unspecified atom stereocenters. The van der Waals surface area contributed by atoms with Crippen LogP contribution in [-0.2, 0) is 4.79 Å². The molecule has 1 aliphatic heterocycles. The second-order valence-corrected chi connectivity index (χ2v) is 6.75. The molecule has 0 aromatic heterocycles. The number of carbonyl (C=O) groups is 1. The Morgan fingerprint density at radius 3 is 2.20 bits per heavy atom. The highest BCUT2D eigenvalue weighted by Crippen LogP contribution is 2.22. The molecule has 1 heterocycles. The fraction of sp³-hybridized carbons (Fsp3) is 0.938. The van der Waals surface area contributed by atoms with Crippen LogP contribution in [0.1, 0.15) is 53.4 Å². The van der Waals surface area contributed by atoms with E-state index in [4.69, 9.17) is 5.73 Å². The zero-order valence-electron chi connectivity index (χ0n) is 13.8. The average molecular weight is 283 g/mol. The average Bonchev–Trinajstić information content (AvgIpc) is 2.35. The van der Waals surface area contributed by atoms with E-state index >= 15 is 0 Å². The molecule has 1 aliphatic rings. The Labute approximate surface area is 124 Å². The molecular weight excluding hydrogens is 250 g/mol. The van der Waals surface area contributed by atoms with Gasteiger partial charge in [-0.1, -0.05) is 0 Å². The van der Waals surface area contributed by atoms with Gasteiger partial charge < -0.3 is 5.73 Å². The van der Waals surface area contributed by atoms with Gasteiger partial charge in [0.05, 0.1) is 6.54 Å². The van der Waals surface area contributed by atoms with E-state index in [9.17, 15) is 4.79 Å². The molecule has 1 amide bonds. The molecule has 0 atom stereocenters. The number of carbonyl (C=O) groups excluding carboxylic acids is 1. The Balaban J connectivity index is 2.19. The number of piperidine rings is 1. The van der Waals surface area contributed by atoms with E-state index in [-0.39, 0.29) is 5.91 Å². The summed E-state index contributed by atoms with van der Waals surface area (Å²) in [7, 11) is 0. The first-order chi connectivity index (χ1) is 9.40. The smallest absolute Gasteiger partial charge is 0.231 e. The van der Waals surface area contributed by atoms with Gasteiger partial charge in [0, 0.05) is 12.1 Å². The minimum Gasteiger partial charge on any atom is -0.369 e. The number of likely N-dealkylation sites (tertiary alicyclic amines) is 1. The van der Waals surface area contributed by atoms with Crippen LogP contribution in [0.2, 0.25) is 0 Å². The van der Waals surface area contributed by atoms with Crippen molar-refractivity contribution >= 4 is 5.91 Å². The standard InChI is InChI=1S/C16H33N3O/c1-13(2)19(14(3)4)9-5-6-15-7-10-18(11-8-15)12-16(17)20/h13-15H,5-12H2,1-4H3,(H2,17,20). The third-order valence-electron chi connectivity index (χ3n) is 4.44. The number of hydrogen-bond donors (Lipinski definition) is 1. The van der Waals surface area contributed by atoms with Crippen molar-refractivity contribution in [1.29, 1.82) is 0 Å². The summed E-state index contributed by atoms with van der Waals surface area (Å²) in [5, 5.41) is 0. The quantitative estimate of drug-likeness (QED) is 0.742. The van der Waals surface area contributed by atoms with Crippen molar-refractivity contribution in [3.8, 4) is 0 Å². The number of rotatable bonds is 8.